The van der Waals surface area contributed by atoms with Gasteiger partial charge in [-0.3, -0.25) is 5.43 Å². The van der Waals surface area contributed by atoms with Gasteiger partial charge in [-0.05, 0) is 29.7 Å². The van der Waals surface area contributed by atoms with Gasteiger partial charge in [-0.25, -0.2) is 0 Å². The zero-order valence-corrected chi connectivity index (χ0v) is 10.7. The van der Waals surface area contributed by atoms with Crippen LogP contribution >= 0.6 is 34.9 Å². The number of hydrogen-bond donors (Lipinski definition) is 2. The normalized spacial score (nSPS) is 10.8. The average molecular weight is 267 g/mol. The number of thiocarbonyl (C=S) groups is 1. The molecule has 0 aliphatic rings. The van der Waals surface area contributed by atoms with E-state index in [1.54, 1.807) is 28.9 Å². The fourth-order valence-electron chi connectivity index (χ4n) is 1.15. The quantitative estimate of drug-likeness (QED) is 0.510. The van der Waals surface area contributed by atoms with E-state index in [1.165, 1.54) is 10.4 Å². The van der Waals surface area contributed by atoms with E-state index in [0.717, 1.165) is 4.88 Å². The molecule has 0 saturated carbocycles. The van der Waals surface area contributed by atoms with Crippen LogP contribution in [0.4, 0.5) is 0 Å². The van der Waals surface area contributed by atoms with Crippen molar-refractivity contribution in [1.82, 2.24) is 5.43 Å². The van der Waals surface area contributed by atoms with Crippen molar-refractivity contribution in [3.8, 4) is 10.4 Å². The second kappa shape index (κ2) is 5.20. The number of thiophene rings is 2. The van der Waals surface area contributed by atoms with Gasteiger partial charge in [0, 0.05) is 20.7 Å². The van der Waals surface area contributed by atoms with Crippen LogP contribution in [-0.2, 0) is 0 Å². The van der Waals surface area contributed by atoms with Crippen molar-refractivity contribution in [1.29, 1.82) is 0 Å². The second-order valence-electron chi connectivity index (χ2n) is 2.95. The maximum Gasteiger partial charge on any atom is 0.184 e. The highest BCUT2D eigenvalue weighted by molar-refractivity contribution is 7.80. The van der Waals surface area contributed by atoms with Crippen LogP contribution in [0.25, 0.3) is 10.4 Å². The van der Waals surface area contributed by atoms with Crippen molar-refractivity contribution in [2.45, 2.75) is 0 Å². The summed E-state index contributed by atoms with van der Waals surface area (Å²) in [5.74, 6) is 0. The van der Waals surface area contributed by atoms with Gasteiger partial charge < -0.3 is 5.73 Å². The largest absolute Gasteiger partial charge is 0.375 e. The number of nitrogens with two attached hydrogens (primary N) is 1. The number of hydrazone groups is 1. The number of nitrogens with zero attached hydrogens (tertiary/aromatic N) is 1. The molecule has 0 aromatic carbocycles. The molecule has 0 saturated heterocycles. The summed E-state index contributed by atoms with van der Waals surface area (Å²) in [4.78, 5) is 2.32. The molecule has 2 rings (SSSR count). The first-order valence-electron chi connectivity index (χ1n) is 4.46. The highest BCUT2D eigenvalue weighted by Gasteiger charge is 2.01. The summed E-state index contributed by atoms with van der Waals surface area (Å²) in [6.45, 7) is 0. The molecule has 0 bridgehead atoms. The molecule has 2 aromatic rings. The summed E-state index contributed by atoms with van der Waals surface area (Å²) in [7, 11) is 0. The zero-order valence-electron chi connectivity index (χ0n) is 8.21. The van der Waals surface area contributed by atoms with Gasteiger partial charge in [-0.15, -0.1) is 22.7 Å². The second-order valence-corrected chi connectivity index (χ2v) is 5.28. The Morgan fingerprint density at radius 3 is 3.06 bits per heavy atom. The van der Waals surface area contributed by atoms with Crippen molar-refractivity contribution in [2.75, 3.05) is 0 Å². The van der Waals surface area contributed by atoms with Crippen LogP contribution < -0.4 is 11.2 Å². The van der Waals surface area contributed by atoms with Gasteiger partial charge in [-0.1, -0.05) is 6.07 Å². The lowest BCUT2D eigenvalue weighted by molar-refractivity contribution is 1.04. The Balaban J connectivity index is 2.08. The highest BCUT2D eigenvalue weighted by atomic mass is 32.1. The first-order valence-corrected chi connectivity index (χ1v) is 6.63. The molecular weight excluding hydrogens is 258 g/mol. The minimum absolute atomic E-state index is 0.172. The molecule has 16 heavy (non-hydrogen) atoms. The van der Waals surface area contributed by atoms with Crippen molar-refractivity contribution >= 4 is 46.2 Å². The SMILES string of the molecule is NC(=S)NN=Cc1cc(-c2cccs2)cs1. The maximum atomic E-state index is 5.25. The Bertz CT molecular complexity index is 499. The third kappa shape index (κ3) is 2.88. The summed E-state index contributed by atoms with van der Waals surface area (Å²) >= 11 is 8.00. The van der Waals surface area contributed by atoms with E-state index >= 15 is 0 Å². The van der Waals surface area contributed by atoms with E-state index in [4.69, 9.17) is 5.73 Å². The first-order chi connectivity index (χ1) is 7.75. The molecule has 2 heterocycles. The monoisotopic (exact) mass is 267 g/mol. The van der Waals surface area contributed by atoms with Gasteiger partial charge in [0.2, 0.25) is 0 Å². The minimum Gasteiger partial charge on any atom is -0.375 e. The van der Waals surface area contributed by atoms with Crippen LogP contribution in [-0.4, -0.2) is 11.3 Å². The third-order valence-corrected chi connectivity index (χ3v) is 3.67. The van der Waals surface area contributed by atoms with Gasteiger partial charge in [0.25, 0.3) is 0 Å². The first kappa shape index (κ1) is 11.3. The predicted octanol–water partition coefficient (Wildman–Crippen LogP) is 2.64. The standard InChI is InChI=1S/C10H9N3S3/c11-10(14)13-12-5-8-4-7(6-16-8)9-2-1-3-15-9/h1-6H,(H3,11,13,14). The zero-order chi connectivity index (χ0) is 11.4. The van der Waals surface area contributed by atoms with Crippen molar-refractivity contribution < 1.29 is 0 Å². The van der Waals surface area contributed by atoms with Gasteiger partial charge >= 0.3 is 0 Å². The van der Waals surface area contributed by atoms with Crippen LogP contribution in [0.15, 0.2) is 34.1 Å². The molecule has 0 unspecified atom stereocenters. The van der Waals surface area contributed by atoms with Crippen molar-refractivity contribution in [2.24, 2.45) is 10.8 Å². The molecule has 0 aliphatic heterocycles. The highest BCUT2D eigenvalue weighted by Crippen LogP contribution is 2.28. The van der Waals surface area contributed by atoms with Gasteiger partial charge in [0.15, 0.2) is 5.11 Å². The summed E-state index contributed by atoms with van der Waals surface area (Å²) in [6.07, 6.45) is 1.71. The Hall–Kier alpha value is -1.24. The Labute approximate surface area is 107 Å². The van der Waals surface area contributed by atoms with Gasteiger partial charge in [-0.2, -0.15) is 5.10 Å². The average Bonchev–Trinajstić information content (AvgIpc) is 2.85. The molecule has 0 fully saturated rings. The van der Waals surface area contributed by atoms with Crippen LogP contribution in [0, 0.1) is 0 Å². The van der Waals surface area contributed by atoms with E-state index in [1.807, 2.05) is 6.07 Å². The van der Waals surface area contributed by atoms with Crippen molar-refractivity contribution in [3.63, 3.8) is 0 Å². The summed E-state index contributed by atoms with van der Waals surface area (Å²) in [6, 6.07) is 6.22. The third-order valence-electron chi connectivity index (χ3n) is 1.79. The molecule has 0 spiro atoms. The molecule has 2 aromatic heterocycles. The van der Waals surface area contributed by atoms with E-state index in [-0.39, 0.29) is 5.11 Å². The van der Waals surface area contributed by atoms with Crippen LogP contribution in [0.5, 0.6) is 0 Å². The van der Waals surface area contributed by atoms with Crippen LogP contribution in [0.2, 0.25) is 0 Å². The Kier molecular flexibility index (Phi) is 3.66. The Morgan fingerprint density at radius 1 is 1.50 bits per heavy atom. The lowest BCUT2D eigenvalue weighted by Crippen LogP contribution is -2.23. The lowest BCUT2D eigenvalue weighted by atomic mass is 10.2. The maximum absolute atomic E-state index is 5.25. The predicted molar refractivity (Wildman–Crippen MR) is 75.1 cm³/mol. The van der Waals surface area contributed by atoms with E-state index in [2.05, 4.69) is 45.6 Å². The molecule has 0 atom stereocenters. The Morgan fingerprint density at radius 2 is 2.38 bits per heavy atom. The van der Waals surface area contributed by atoms with Crippen LogP contribution in [0.1, 0.15) is 4.88 Å². The molecular formula is C10H9N3S3. The van der Waals surface area contributed by atoms with E-state index in [0.29, 0.717) is 0 Å². The lowest BCUT2D eigenvalue weighted by Gasteiger charge is -1.91. The van der Waals surface area contributed by atoms with Gasteiger partial charge in [0.1, 0.15) is 0 Å². The molecule has 0 radical (unpaired) electrons. The van der Waals surface area contributed by atoms with E-state index in [9.17, 15) is 0 Å². The molecule has 3 nitrogen and oxygen atoms in total. The fourth-order valence-corrected chi connectivity index (χ4v) is 2.76. The minimum atomic E-state index is 0.172. The van der Waals surface area contributed by atoms with Gasteiger partial charge in [0.05, 0.1) is 6.21 Å². The summed E-state index contributed by atoms with van der Waals surface area (Å²) in [5, 5.41) is 8.25. The topological polar surface area (TPSA) is 50.4 Å². The smallest absolute Gasteiger partial charge is 0.184 e. The molecule has 0 aliphatic carbocycles. The van der Waals surface area contributed by atoms with Crippen molar-refractivity contribution in [3.05, 3.63) is 33.8 Å². The van der Waals surface area contributed by atoms with Crippen LogP contribution in [0.3, 0.4) is 0 Å². The molecule has 6 heteroatoms. The number of nitrogens with one attached hydrogen (secondary N) is 1. The summed E-state index contributed by atoms with van der Waals surface area (Å²) < 4.78 is 0. The number of rotatable bonds is 3. The molecule has 82 valence electrons. The molecule has 3 N–H and O–H groups in total. The van der Waals surface area contributed by atoms with E-state index < -0.39 is 0 Å². The fraction of sp³-hybridized carbons (Fsp3) is 0. The number of hydrogen-bond acceptors (Lipinski definition) is 4. The molecule has 0 amide bonds. The summed E-state index contributed by atoms with van der Waals surface area (Å²) in [5.41, 5.74) is 9.00.